The first-order chi connectivity index (χ1) is 7.59. The van der Waals surface area contributed by atoms with Crippen LogP contribution in [0, 0.1) is 25.7 Å². The molecule has 1 aromatic rings. The van der Waals surface area contributed by atoms with Crippen molar-refractivity contribution >= 4 is 11.6 Å². The average Bonchev–Trinajstić information content (AvgIpc) is 3.07. The lowest BCUT2D eigenvalue weighted by Crippen LogP contribution is -2.22. The maximum atomic E-state index is 11.9. The van der Waals surface area contributed by atoms with E-state index in [-0.39, 0.29) is 11.8 Å². The summed E-state index contributed by atoms with van der Waals surface area (Å²) in [5.74, 6) is 0.932. The predicted octanol–water partition coefficient (Wildman–Crippen LogP) is 3.29. The van der Waals surface area contributed by atoms with Gasteiger partial charge in [-0.05, 0) is 49.8 Å². The van der Waals surface area contributed by atoms with Crippen molar-refractivity contribution in [3.05, 3.63) is 29.3 Å². The number of amides is 1. The highest BCUT2D eigenvalue weighted by molar-refractivity contribution is 5.93. The molecule has 1 amide bonds. The van der Waals surface area contributed by atoms with Crippen molar-refractivity contribution in [2.45, 2.75) is 33.6 Å². The molecule has 1 fully saturated rings. The van der Waals surface area contributed by atoms with Crippen LogP contribution in [0.4, 0.5) is 5.69 Å². The van der Waals surface area contributed by atoms with E-state index in [2.05, 4.69) is 18.3 Å². The molecule has 1 N–H and O–H groups in total. The molecule has 0 radical (unpaired) electrons. The van der Waals surface area contributed by atoms with Crippen LogP contribution in [0.5, 0.6) is 0 Å². The smallest absolute Gasteiger partial charge is 0.227 e. The number of nitrogens with one attached hydrogen (secondary N) is 1. The lowest BCUT2D eigenvalue weighted by atomic mass is 10.0. The molecule has 1 aliphatic rings. The van der Waals surface area contributed by atoms with Crippen LogP contribution in [-0.4, -0.2) is 5.91 Å². The minimum Gasteiger partial charge on any atom is -0.326 e. The first-order valence-electron chi connectivity index (χ1n) is 5.96. The Morgan fingerprint density at radius 1 is 1.38 bits per heavy atom. The maximum Gasteiger partial charge on any atom is 0.227 e. The van der Waals surface area contributed by atoms with Crippen LogP contribution in [0.15, 0.2) is 18.2 Å². The Hall–Kier alpha value is -1.31. The number of hydrogen-bond donors (Lipinski definition) is 1. The highest BCUT2D eigenvalue weighted by Crippen LogP contribution is 2.37. The fraction of sp³-hybridized carbons (Fsp3) is 0.500. The summed E-state index contributed by atoms with van der Waals surface area (Å²) in [5, 5.41) is 3.03. The van der Waals surface area contributed by atoms with Crippen LogP contribution in [0.3, 0.4) is 0 Å². The Bertz CT molecular complexity index is 407. The van der Waals surface area contributed by atoms with Crippen molar-refractivity contribution in [1.82, 2.24) is 0 Å². The lowest BCUT2D eigenvalue weighted by Gasteiger charge is -2.14. The van der Waals surface area contributed by atoms with Crippen molar-refractivity contribution in [2.24, 2.45) is 11.8 Å². The van der Waals surface area contributed by atoms with Crippen molar-refractivity contribution < 1.29 is 4.79 Å². The highest BCUT2D eigenvalue weighted by atomic mass is 16.1. The summed E-state index contributed by atoms with van der Waals surface area (Å²) in [6.07, 6.45) is 2.42. The summed E-state index contributed by atoms with van der Waals surface area (Å²) in [6, 6.07) is 6.02. The van der Waals surface area contributed by atoms with Gasteiger partial charge >= 0.3 is 0 Å². The minimum absolute atomic E-state index is 0.153. The monoisotopic (exact) mass is 217 g/mol. The van der Waals surface area contributed by atoms with E-state index in [1.54, 1.807) is 0 Å². The number of rotatable bonds is 3. The number of hydrogen-bond acceptors (Lipinski definition) is 1. The van der Waals surface area contributed by atoms with Gasteiger partial charge in [-0.2, -0.15) is 0 Å². The van der Waals surface area contributed by atoms with Crippen LogP contribution >= 0.6 is 0 Å². The molecule has 2 nitrogen and oxygen atoms in total. The van der Waals surface area contributed by atoms with Crippen molar-refractivity contribution in [3.8, 4) is 0 Å². The van der Waals surface area contributed by atoms with Gasteiger partial charge in [0, 0.05) is 11.6 Å². The molecule has 2 rings (SSSR count). The zero-order valence-corrected chi connectivity index (χ0v) is 10.2. The Labute approximate surface area is 97.1 Å². The molecule has 1 atom stereocenters. The molecule has 0 aromatic heterocycles. The summed E-state index contributed by atoms with van der Waals surface area (Å²) >= 11 is 0. The predicted molar refractivity (Wildman–Crippen MR) is 66.4 cm³/mol. The van der Waals surface area contributed by atoms with Gasteiger partial charge in [0.1, 0.15) is 0 Å². The van der Waals surface area contributed by atoms with E-state index in [9.17, 15) is 4.79 Å². The number of carbonyl (C=O) groups excluding carboxylic acids is 1. The first kappa shape index (κ1) is 11.2. The molecule has 0 bridgehead atoms. The summed E-state index contributed by atoms with van der Waals surface area (Å²) in [4.78, 5) is 11.9. The van der Waals surface area contributed by atoms with Gasteiger partial charge in [-0.15, -0.1) is 0 Å². The molecule has 2 heteroatoms. The first-order valence-corrected chi connectivity index (χ1v) is 5.96. The molecule has 1 saturated carbocycles. The fourth-order valence-corrected chi connectivity index (χ4v) is 1.94. The number of carbonyl (C=O) groups is 1. The molecule has 86 valence electrons. The van der Waals surface area contributed by atoms with E-state index >= 15 is 0 Å². The Morgan fingerprint density at radius 3 is 2.69 bits per heavy atom. The second-order valence-corrected chi connectivity index (χ2v) is 4.86. The lowest BCUT2D eigenvalue weighted by molar-refractivity contribution is -0.119. The molecule has 1 unspecified atom stereocenters. The number of benzene rings is 1. The van der Waals surface area contributed by atoms with Crippen molar-refractivity contribution in [2.75, 3.05) is 5.32 Å². The standard InChI is InChI=1S/C14H19NO/c1-9-5-4-6-13(10(9)2)15-14(16)11(3)12-7-8-12/h4-6,11-12H,7-8H2,1-3H3,(H,15,16). The molecule has 0 spiro atoms. The third-order valence-corrected chi connectivity index (χ3v) is 3.61. The fourth-order valence-electron chi connectivity index (χ4n) is 1.94. The zero-order valence-electron chi connectivity index (χ0n) is 10.2. The molecular formula is C14H19NO. The quantitative estimate of drug-likeness (QED) is 0.827. The molecule has 1 aromatic carbocycles. The number of aryl methyl sites for hydroxylation is 1. The molecular weight excluding hydrogens is 198 g/mol. The normalized spacial score (nSPS) is 16.9. The van der Waals surface area contributed by atoms with E-state index < -0.39 is 0 Å². The largest absolute Gasteiger partial charge is 0.326 e. The summed E-state index contributed by atoms with van der Waals surface area (Å²) in [7, 11) is 0. The highest BCUT2D eigenvalue weighted by Gasteiger charge is 2.32. The van der Waals surface area contributed by atoms with Gasteiger partial charge in [0.25, 0.3) is 0 Å². The van der Waals surface area contributed by atoms with Gasteiger partial charge in [-0.3, -0.25) is 4.79 Å². The average molecular weight is 217 g/mol. The van der Waals surface area contributed by atoms with Crippen LogP contribution < -0.4 is 5.32 Å². The van der Waals surface area contributed by atoms with E-state index in [1.165, 1.54) is 24.0 Å². The van der Waals surface area contributed by atoms with Crippen LogP contribution in [-0.2, 0) is 4.79 Å². The minimum atomic E-state index is 0.153. The molecule has 0 heterocycles. The van der Waals surface area contributed by atoms with Gasteiger partial charge in [0.15, 0.2) is 0 Å². The van der Waals surface area contributed by atoms with Crippen LogP contribution in [0.2, 0.25) is 0 Å². The summed E-state index contributed by atoms with van der Waals surface area (Å²) in [6.45, 7) is 6.14. The second-order valence-electron chi connectivity index (χ2n) is 4.86. The Morgan fingerprint density at radius 2 is 2.06 bits per heavy atom. The second kappa shape index (κ2) is 4.28. The Kier molecular flexibility index (Phi) is 2.99. The zero-order chi connectivity index (χ0) is 11.7. The number of anilines is 1. The van der Waals surface area contributed by atoms with Crippen molar-refractivity contribution in [1.29, 1.82) is 0 Å². The van der Waals surface area contributed by atoms with E-state index in [0.717, 1.165) is 5.69 Å². The van der Waals surface area contributed by atoms with E-state index in [0.29, 0.717) is 5.92 Å². The van der Waals surface area contributed by atoms with E-state index in [1.807, 2.05) is 26.0 Å². The van der Waals surface area contributed by atoms with Gasteiger partial charge in [0.05, 0.1) is 0 Å². The Balaban J connectivity index is 2.08. The van der Waals surface area contributed by atoms with Crippen LogP contribution in [0.1, 0.15) is 30.9 Å². The third kappa shape index (κ3) is 2.26. The van der Waals surface area contributed by atoms with Gasteiger partial charge in [0.2, 0.25) is 5.91 Å². The van der Waals surface area contributed by atoms with Gasteiger partial charge < -0.3 is 5.32 Å². The van der Waals surface area contributed by atoms with Crippen molar-refractivity contribution in [3.63, 3.8) is 0 Å². The topological polar surface area (TPSA) is 29.1 Å². The molecule has 16 heavy (non-hydrogen) atoms. The summed E-state index contributed by atoms with van der Waals surface area (Å²) in [5.41, 5.74) is 3.34. The van der Waals surface area contributed by atoms with E-state index in [4.69, 9.17) is 0 Å². The molecule has 0 saturated heterocycles. The maximum absolute atomic E-state index is 11.9. The third-order valence-electron chi connectivity index (χ3n) is 3.61. The van der Waals surface area contributed by atoms with Gasteiger partial charge in [-0.25, -0.2) is 0 Å². The SMILES string of the molecule is Cc1cccc(NC(=O)C(C)C2CC2)c1C. The van der Waals surface area contributed by atoms with Crippen LogP contribution in [0.25, 0.3) is 0 Å². The van der Waals surface area contributed by atoms with Gasteiger partial charge in [-0.1, -0.05) is 19.1 Å². The molecule has 1 aliphatic carbocycles. The summed E-state index contributed by atoms with van der Waals surface area (Å²) < 4.78 is 0. The molecule has 0 aliphatic heterocycles.